The minimum atomic E-state index is -3.72. The first kappa shape index (κ1) is 15.9. The van der Waals surface area contributed by atoms with Gasteiger partial charge in [0.1, 0.15) is 5.82 Å². The average Bonchev–Trinajstić information content (AvgIpc) is 2.40. The maximum atomic E-state index is 13.1. The molecule has 2 rings (SSSR count). The van der Waals surface area contributed by atoms with Gasteiger partial charge in [-0.2, -0.15) is 0 Å². The van der Waals surface area contributed by atoms with Crippen molar-refractivity contribution in [2.75, 3.05) is 19.6 Å². The number of nitrogens with two attached hydrogens (primary N) is 1. The van der Waals surface area contributed by atoms with Gasteiger partial charge in [0.2, 0.25) is 15.9 Å². The van der Waals surface area contributed by atoms with Gasteiger partial charge in [0, 0.05) is 19.1 Å². The van der Waals surface area contributed by atoms with Crippen LogP contribution in [0.3, 0.4) is 0 Å². The molecule has 116 valence electrons. The number of hydrogen-bond donors (Lipinski definition) is 2. The summed E-state index contributed by atoms with van der Waals surface area (Å²) >= 11 is 0. The lowest BCUT2D eigenvalue weighted by Gasteiger charge is -2.31. The molecule has 0 aromatic heterocycles. The van der Waals surface area contributed by atoms with Crippen molar-refractivity contribution < 1.29 is 17.6 Å². The quantitative estimate of drug-likeness (QED) is 0.803. The number of piperidine rings is 1. The molecular formula is C13H18FN3O3S. The van der Waals surface area contributed by atoms with E-state index in [-0.39, 0.29) is 17.5 Å². The van der Waals surface area contributed by atoms with Crippen LogP contribution < -0.4 is 10.5 Å². The van der Waals surface area contributed by atoms with Crippen LogP contribution in [-0.4, -0.2) is 44.9 Å². The van der Waals surface area contributed by atoms with Gasteiger partial charge in [0.05, 0.1) is 11.4 Å². The predicted molar refractivity (Wildman–Crippen MR) is 75.4 cm³/mol. The maximum absolute atomic E-state index is 13.1. The van der Waals surface area contributed by atoms with Crippen LogP contribution in [0.25, 0.3) is 0 Å². The first-order chi connectivity index (χ1) is 9.87. The van der Waals surface area contributed by atoms with E-state index in [2.05, 4.69) is 4.72 Å². The lowest BCUT2D eigenvalue weighted by molar-refractivity contribution is -0.119. The molecule has 8 heteroatoms. The van der Waals surface area contributed by atoms with Crippen LogP contribution in [0.5, 0.6) is 0 Å². The summed E-state index contributed by atoms with van der Waals surface area (Å²) in [6.07, 6.45) is 1.17. The first-order valence-corrected chi connectivity index (χ1v) is 8.14. The Balaban J connectivity index is 1.95. The molecule has 0 radical (unpaired) electrons. The van der Waals surface area contributed by atoms with Crippen LogP contribution in [0.15, 0.2) is 29.2 Å². The van der Waals surface area contributed by atoms with Crippen molar-refractivity contribution >= 4 is 15.9 Å². The smallest absolute Gasteiger partial charge is 0.240 e. The predicted octanol–water partition coefficient (Wildman–Crippen LogP) is 0.0537. The molecule has 1 aromatic carbocycles. The summed E-state index contributed by atoms with van der Waals surface area (Å²) in [5.41, 5.74) is 5.12. The van der Waals surface area contributed by atoms with E-state index in [0.29, 0.717) is 25.9 Å². The molecule has 0 spiro atoms. The van der Waals surface area contributed by atoms with Gasteiger partial charge in [-0.25, -0.2) is 17.5 Å². The maximum Gasteiger partial charge on any atom is 0.240 e. The number of nitrogens with zero attached hydrogens (tertiary/aromatic N) is 1. The van der Waals surface area contributed by atoms with E-state index in [9.17, 15) is 17.6 Å². The molecule has 1 heterocycles. The molecule has 3 N–H and O–H groups in total. The van der Waals surface area contributed by atoms with Crippen LogP contribution in [0.1, 0.15) is 12.8 Å². The molecule has 0 saturated carbocycles. The Bertz CT molecular complexity index is 613. The third kappa shape index (κ3) is 4.48. The normalized spacial score (nSPS) is 17.8. The second-order valence-electron chi connectivity index (χ2n) is 5.10. The van der Waals surface area contributed by atoms with Crippen molar-refractivity contribution in [2.45, 2.75) is 23.8 Å². The lowest BCUT2D eigenvalue weighted by atomic mass is 10.1. The van der Waals surface area contributed by atoms with Crippen molar-refractivity contribution in [3.63, 3.8) is 0 Å². The summed E-state index contributed by atoms with van der Waals surface area (Å²) in [4.78, 5) is 12.6. The fourth-order valence-corrected chi connectivity index (χ4v) is 3.69. The highest BCUT2D eigenvalue weighted by Gasteiger charge is 2.25. The fraction of sp³-hybridized carbons (Fsp3) is 0.462. The highest BCUT2D eigenvalue weighted by Crippen LogP contribution is 2.15. The summed E-state index contributed by atoms with van der Waals surface area (Å²) in [7, 11) is -3.72. The molecule has 1 aliphatic rings. The van der Waals surface area contributed by atoms with Gasteiger partial charge in [0.15, 0.2) is 0 Å². The van der Waals surface area contributed by atoms with Crippen molar-refractivity contribution in [2.24, 2.45) is 5.73 Å². The minimum absolute atomic E-state index is 0.0814. The Morgan fingerprint density at radius 1 is 1.38 bits per heavy atom. The largest absolute Gasteiger partial charge is 0.369 e. The Morgan fingerprint density at radius 2 is 2.05 bits per heavy atom. The minimum Gasteiger partial charge on any atom is -0.369 e. The van der Waals surface area contributed by atoms with E-state index in [0.717, 1.165) is 6.07 Å². The zero-order valence-corrected chi connectivity index (χ0v) is 12.3. The molecule has 0 aliphatic carbocycles. The molecule has 6 nitrogen and oxygen atoms in total. The van der Waals surface area contributed by atoms with Crippen molar-refractivity contribution in [3.8, 4) is 0 Å². The fourth-order valence-electron chi connectivity index (χ4n) is 2.35. The average molecular weight is 315 g/mol. The molecule has 1 fully saturated rings. The number of hydrogen-bond acceptors (Lipinski definition) is 4. The number of halogens is 1. The topological polar surface area (TPSA) is 92.5 Å². The van der Waals surface area contributed by atoms with Crippen molar-refractivity contribution in [3.05, 3.63) is 30.1 Å². The van der Waals surface area contributed by atoms with Gasteiger partial charge in [-0.3, -0.25) is 9.69 Å². The lowest BCUT2D eigenvalue weighted by Crippen LogP contribution is -2.46. The number of primary amides is 1. The number of benzene rings is 1. The number of carbonyl (C=O) groups is 1. The van der Waals surface area contributed by atoms with Crippen LogP contribution in [0, 0.1) is 5.82 Å². The number of nitrogens with one attached hydrogen (secondary N) is 1. The van der Waals surface area contributed by atoms with Crippen molar-refractivity contribution in [1.29, 1.82) is 0 Å². The molecule has 1 aliphatic heterocycles. The zero-order valence-electron chi connectivity index (χ0n) is 11.5. The number of likely N-dealkylation sites (tertiary alicyclic amines) is 1. The van der Waals surface area contributed by atoms with Gasteiger partial charge in [0.25, 0.3) is 0 Å². The zero-order chi connectivity index (χ0) is 15.5. The molecule has 21 heavy (non-hydrogen) atoms. The Hall–Kier alpha value is -1.51. The second kappa shape index (κ2) is 6.50. The van der Waals surface area contributed by atoms with E-state index >= 15 is 0 Å². The van der Waals surface area contributed by atoms with Gasteiger partial charge in [-0.1, -0.05) is 6.07 Å². The SMILES string of the molecule is NC(=O)CN1CCC(NS(=O)(=O)c2cccc(F)c2)CC1. The van der Waals surface area contributed by atoms with E-state index in [1.54, 1.807) is 0 Å². The number of amides is 1. The third-order valence-electron chi connectivity index (χ3n) is 3.40. The van der Waals surface area contributed by atoms with Gasteiger partial charge in [-0.15, -0.1) is 0 Å². The van der Waals surface area contributed by atoms with E-state index in [4.69, 9.17) is 5.73 Å². The molecule has 0 bridgehead atoms. The van der Waals surface area contributed by atoms with Gasteiger partial charge in [-0.05, 0) is 31.0 Å². The summed E-state index contributed by atoms with van der Waals surface area (Å²) < 4.78 is 40.0. The van der Waals surface area contributed by atoms with Gasteiger partial charge < -0.3 is 5.73 Å². The molecule has 1 aromatic rings. The van der Waals surface area contributed by atoms with E-state index in [1.807, 2.05) is 4.90 Å². The second-order valence-corrected chi connectivity index (χ2v) is 6.81. The van der Waals surface area contributed by atoms with E-state index in [1.165, 1.54) is 18.2 Å². The summed E-state index contributed by atoms with van der Waals surface area (Å²) in [6, 6.07) is 4.68. The molecule has 1 saturated heterocycles. The molecule has 0 atom stereocenters. The summed E-state index contributed by atoms with van der Waals surface area (Å²) in [6.45, 7) is 1.38. The number of sulfonamides is 1. The van der Waals surface area contributed by atoms with Crippen LogP contribution >= 0.6 is 0 Å². The van der Waals surface area contributed by atoms with Crippen molar-refractivity contribution in [1.82, 2.24) is 9.62 Å². The summed E-state index contributed by atoms with van der Waals surface area (Å²) in [5, 5.41) is 0. The Labute approximate surface area is 123 Å². The Kier molecular flexibility index (Phi) is 4.92. The van der Waals surface area contributed by atoms with Gasteiger partial charge >= 0.3 is 0 Å². The molecule has 0 unspecified atom stereocenters. The highest BCUT2D eigenvalue weighted by molar-refractivity contribution is 7.89. The highest BCUT2D eigenvalue weighted by atomic mass is 32.2. The first-order valence-electron chi connectivity index (χ1n) is 6.65. The monoisotopic (exact) mass is 315 g/mol. The van der Waals surface area contributed by atoms with Crippen LogP contribution in [-0.2, 0) is 14.8 Å². The molecular weight excluding hydrogens is 297 g/mol. The van der Waals surface area contributed by atoms with Crippen LogP contribution in [0.2, 0.25) is 0 Å². The Morgan fingerprint density at radius 3 is 2.62 bits per heavy atom. The number of rotatable bonds is 5. The summed E-state index contributed by atoms with van der Waals surface area (Å²) in [5.74, 6) is -0.983. The number of carbonyl (C=O) groups excluding carboxylic acids is 1. The van der Waals surface area contributed by atoms with E-state index < -0.39 is 21.7 Å². The van der Waals surface area contributed by atoms with Crippen LogP contribution in [0.4, 0.5) is 4.39 Å². The standard InChI is InChI=1S/C13H18FN3O3S/c14-10-2-1-3-12(8-10)21(19,20)16-11-4-6-17(7-5-11)9-13(15)18/h1-3,8,11,16H,4-7,9H2,(H2,15,18). The third-order valence-corrected chi connectivity index (χ3v) is 4.91. The molecule has 1 amide bonds.